The summed E-state index contributed by atoms with van der Waals surface area (Å²) >= 11 is 0. The van der Waals surface area contributed by atoms with E-state index in [1.165, 1.54) is 0 Å². The predicted octanol–water partition coefficient (Wildman–Crippen LogP) is 0.722. The number of nitrogens with zero attached hydrogens (tertiary/aromatic N) is 3. The summed E-state index contributed by atoms with van der Waals surface area (Å²) in [6, 6.07) is 1.05. The first-order valence-electron chi connectivity index (χ1n) is 6.38. The Morgan fingerprint density at radius 2 is 2.10 bits per heavy atom. The minimum Gasteiger partial charge on any atom is -0.477 e. The summed E-state index contributed by atoms with van der Waals surface area (Å²) in [4.78, 5) is 38.2. The second-order valence-corrected chi connectivity index (χ2v) is 4.59. The van der Waals surface area contributed by atoms with E-state index >= 15 is 0 Å². The average molecular weight is 294 g/mol. The fourth-order valence-corrected chi connectivity index (χ4v) is 2.11. The highest BCUT2D eigenvalue weighted by Gasteiger charge is 2.22. The van der Waals surface area contributed by atoms with Crippen molar-refractivity contribution >= 4 is 23.4 Å². The molecule has 0 saturated carbocycles. The third kappa shape index (κ3) is 3.44. The number of nitrogens with one attached hydrogen (secondary N) is 1. The number of rotatable bonds is 5. The standard InChI is InChI=1S/C12H14N4O5/c17-11(15-3-1-2-4-15)7-14-10-5-8(12(18)19)9(6-13-10)16(20)21/h5-6H,1-4,7H2,(H,13,14)(H,18,19). The number of hydrogen-bond donors (Lipinski definition) is 2. The number of aromatic nitrogens is 1. The van der Waals surface area contributed by atoms with E-state index in [2.05, 4.69) is 10.3 Å². The Balaban J connectivity index is 2.06. The van der Waals surface area contributed by atoms with Crippen molar-refractivity contribution in [2.45, 2.75) is 12.8 Å². The van der Waals surface area contributed by atoms with E-state index in [0.29, 0.717) is 13.1 Å². The molecule has 1 aliphatic heterocycles. The first-order chi connectivity index (χ1) is 9.99. The van der Waals surface area contributed by atoms with Crippen LogP contribution in [0.5, 0.6) is 0 Å². The van der Waals surface area contributed by atoms with Crippen LogP contribution in [-0.4, -0.2) is 51.4 Å². The second kappa shape index (κ2) is 6.16. The normalized spacial score (nSPS) is 14.0. The topological polar surface area (TPSA) is 126 Å². The van der Waals surface area contributed by atoms with E-state index < -0.39 is 22.1 Å². The maximum Gasteiger partial charge on any atom is 0.342 e. The molecule has 2 rings (SSSR count). The molecule has 112 valence electrons. The van der Waals surface area contributed by atoms with Crippen LogP contribution in [0.1, 0.15) is 23.2 Å². The zero-order valence-corrected chi connectivity index (χ0v) is 11.1. The lowest BCUT2D eigenvalue weighted by molar-refractivity contribution is -0.385. The number of pyridine rings is 1. The first kappa shape index (κ1) is 14.7. The molecule has 9 nitrogen and oxygen atoms in total. The summed E-state index contributed by atoms with van der Waals surface area (Å²) in [6.45, 7) is 1.41. The van der Waals surface area contributed by atoms with Gasteiger partial charge in [-0.2, -0.15) is 0 Å². The number of carbonyl (C=O) groups excluding carboxylic acids is 1. The number of carboxylic acids is 1. The summed E-state index contributed by atoms with van der Waals surface area (Å²) in [5.41, 5.74) is -1.05. The van der Waals surface area contributed by atoms with Crippen molar-refractivity contribution in [3.8, 4) is 0 Å². The first-order valence-corrected chi connectivity index (χ1v) is 6.38. The van der Waals surface area contributed by atoms with Gasteiger partial charge in [0.1, 0.15) is 17.6 Å². The van der Waals surface area contributed by atoms with Crippen molar-refractivity contribution in [3.05, 3.63) is 27.9 Å². The van der Waals surface area contributed by atoms with E-state index in [1.807, 2.05) is 0 Å². The van der Waals surface area contributed by atoms with Crippen LogP contribution in [0, 0.1) is 10.1 Å². The maximum absolute atomic E-state index is 11.8. The lowest BCUT2D eigenvalue weighted by Gasteiger charge is -2.15. The molecule has 0 atom stereocenters. The van der Waals surface area contributed by atoms with Crippen LogP contribution in [0.4, 0.5) is 11.5 Å². The van der Waals surface area contributed by atoms with Gasteiger partial charge in [-0.05, 0) is 12.8 Å². The van der Waals surface area contributed by atoms with Crippen LogP contribution in [0.2, 0.25) is 0 Å². The minimum absolute atomic E-state index is 0.0239. The Morgan fingerprint density at radius 1 is 1.43 bits per heavy atom. The lowest BCUT2D eigenvalue weighted by atomic mass is 10.2. The van der Waals surface area contributed by atoms with Gasteiger partial charge in [0.25, 0.3) is 0 Å². The second-order valence-electron chi connectivity index (χ2n) is 4.59. The predicted molar refractivity (Wildman–Crippen MR) is 72.2 cm³/mol. The summed E-state index contributed by atoms with van der Waals surface area (Å²) in [7, 11) is 0. The Hall–Kier alpha value is -2.71. The van der Waals surface area contributed by atoms with Gasteiger partial charge in [0, 0.05) is 19.2 Å². The van der Waals surface area contributed by atoms with Gasteiger partial charge in [0.2, 0.25) is 5.91 Å². The fourth-order valence-electron chi connectivity index (χ4n) is 2.11. The summed E-state index contributed by atoms with van der Waals surface area (Å²) in [6.07, 6.45) is 2.82. The number of anilines is 1. The lowest BCUT2D eigenvalue weighted by Crippen LogP contribution is -2.33. The molecule has 21 heavy (non-hydrogen) atoms. The molecule has 0 bridgehead atoms. The molecule has 0 aliphatic carbocycles. The smallest absolute Gasteiger partial charge is 0.342 e. The van der Waals surface area contributed by atoms with Crippen LogP contribution in [0.15, 0.2) is 12.3 Å². The fraction of sp³-hybridized carbons (Fsp3) is 0.417. The Kier molecular flexibility index (Phi) is 4.31. The van der Waals surface area contributed by atoms with Crippen LogP contribution in [-0.2, 0) is 4.79 Å². The van der Waals surface area contributed by atoms with Gasteiger partial charge in [-0.1, -0.05) is 0 Å². The van der Waals surface area contributed by atoms with Gasteiger partial charge < -0.3 is 15.3 Å². The van der Waals surface area contributed by atoms with E-state index in [9.17, 15) is 19.7 Å². The molecule has 1 aliphatic rings. The number of likely N-dealkylation sites (tertiary alicyclic amines) is 1. The van der Waals surface area contributed by atoms with Crippen molar-refractivity contribution in [2.75, 3.05) is 25.0 Å². The summed E-state index contributed by atoms with van der Waals surface area (Å²) < 4.78 is 0. The zero-order valence-electron chi connectivity index (χ0n) is 11.1. The monoisotopic (exact) mass is 294 g/mol. The maximum atomic E-state index is 11.8. The minimum atomic E-state index is -1.42. The molecule has 2 N–H and O–H groups in total. The molecule has 0 spiro atoms. The molecule has 1 aromatic rings. The van der Waals surface area contributed by atoms with E-state index in [1.54, 1.807) is 4.90 Å². The molecule has 0 aromatic carbocycles. The largest absolute Gasteiger partial charge is 0.477 e. The van der Waals surface area contributed by atoms with Crippen molar-refractivity contribution in [1.82, 2.24) is 9.88 Å². The van der Waals surface area contributed by atoms with Crippen LogP contribution < -0.4 is 5.32 Å². The summed E-state index contributed by atoms with van der Waals surface area (Å²) in [5, 5.41) is 22.3. The van der Waals surface area contributed by atoms with Gasteiger partial charge in [0.15, 0.2) is 0 Å². The third-order valence-electron chi connectivity index (χ3n) is 3.19. The number of carbonyl (C=O) groups is 2. The molecule has 1 fully saturated rings. The number of carboxylic acid groups (broad SMARTS) is 1. The summed E-state index contributed by atoms with van der Waals surface area (Å²) in [5.74, 6) is -1.41. The molecule has 1 amide bonds. The van der Waals surface area contributed by atoms with Gasteiger partial charge in [-0.3, -0.25) is 14.9 Å². The van der Waals surface area contributed by atoms with Crippen LogP contribution in [0.25, 0.3) is 0 Å². The van der Waals surface area contributed by atoms with E-state index in [-0.39, 0.29) is 18.3 Å². The molecular formula is C12H14N4O5. The Labute approximate surface area is 119 Å². The number of aromatic carboxylic acids is 1. The van der Waals surface area contributed by atoms with Crippen molar-refractivity contribution in [2.24, 2.45) is 0 Å². The number of amides is 1. The third-order valence-corrected chi connectivity index (χ3v) is 3.19. The molecule has 1 saturated heterocycles. The SMILES string of the molecule is O=C(O)c1cc(NCC(=O)N2CCCC2)ncc1[N+](=O)[O-]. The Bertz CT molecular complexity index is 583. The Morgan fingerprint density at radius 3 is 2.67 bits per heavy atom. The molecule has 0 radical (unpaired) electrons. The van der Waals surface area contributed by atoms with Crippen molar-refractivity contribution in [1.29, 1.82) is 0 Å². The van der Waals surface area contributed by atoms with Crippen LogP contribution in [0.3, 0.4) is 0 Å². The highest BCUT2D eigenvalue weighted by molar-refractivity contribution is 5.93. The molecule has 1 aromatic heterocycles. The van der Waals surface area contributed by atoms with E-state index in [4.69, 9.17) is 5.11 Å². The van der Waals surface area contributed by atoms with Gasteiger partial charge >= 0.3 is 11.7 Å². The molecule has 9 heteroatoms. The number of nitro groups is 1. The van der Waals surface area contributed by atoms with Gasteiger partial charge in [0.05, 0.1) is 11.5 Å². The zero-order chi connectivity index (χ0) is 15.4. The molecule has 0 unspecified atom stereocenters. The van der Waals surface area contributed by atoms with Crippen molar-refractivity contribution < 1.29 is 19.6 Å². The highest BCUT2D eigenvalue weighted by atomic mass is 16.6. The highest BCUT2D eigenvalue weighted by Crippen LogP contribution is 2.20. The average Bonchev–Trinajstić information content (AvgIpc) is 2.98. The molecule has 2 heterocycles. The van der Waals surface area contributed by atoms with Crippen LogP contribution >= 0.6 is 0 Å². The van der Waals surface area contributed by atoms with E-state index in [0.717, 1.165) is 25.1 Å². The molecular weight excluding hydrogens is 280 g/mol. The van der Waals surface area contributed by atoms with Gasteiger partial charge in [-0.25, -0.2) is 9.78 Å². The van der Waals surface area contributed by atoms with Gasteiger partial charge in [-0.15, -0.1) is 0 Å². The quantitative estimate of drug-likeness (QED) is 0.605. The van der Waals surface area contributed by atoms with Crippen molar-refractivity contribution in [3.63, 3.8) is 0 Å². The number of hydrogen-bond acceptors (Lipinski definition) is 6.